The molecule has 0 aromatic heterocycles. The molecule has 0 bridgehead atoms. The van der Waals surface area contributed by atoms with Crippen LogP contribution in [-0.4, -0.2) is 12.8 Å². The van der Waals surface area contributed by atoms with Crippen LogP contribution in [-0.2, 0) is 0 Å². The molecule has 0 aliphatic carbocycles. The lowest BCUT2D eigenvalue weighted by Crippen LogP contribution is -1.96. The molecule has 0 heterocycles. The molecule has 84 valence electrons. The molecule has 14 heavy (non-hydrogen) atoms. The van der Waals surface area contributed by atoms with Crippen LogP contribution in [0, 0.1) is 11.8 Å². The highest BCUT2D eigenvalue weighted by atomic mass is 31.1. The van der Waals surface area contributed by atoms with Crippen LogP contribution in [0.5, 0.6) is 0 Å². The molecule has 0 fully saturated rings. The molecule has 0 saturated carbocycles. The van der Waals surface area contributed by atoms with E-state index in [9.17, 15) is 0 Å². The van der Waals surface area contributed by atoms with Gasteiger partial charge in [0.25, 0.3) is 0 Å². The Morgan fingerprint density at radius 3 is 2.43 bits per heavy atom. The number of allylic oxidation sites excluding steroid dienone is 2. The standard InChI is InChI=1S/C13H27P/c1-12(2)9-7-5-6-8-10-13(3)11-14-4/h7,9,12-14H,5-6,8,10-11H2,1-4H3/b9-7-. The number of hydrogen-bond donors (Lipinski definition) is 0. The van der Waals surface area contributed by atoms with Crippen LogP contribution in [0.3, 0.4) is 0 Å². The summed E-state index contributed by atoms with van der Waals surface area (Å²) in [5.74, 6) is 1.67. The molecule has 1 heteroatoms. The van der Waals surface area contributed by atoms with E-state index in [1.54, 1.807) is 0 Å². The van der Waals surface area contributed by atoms with E-state index in [4.69, 9.17) is 0 Å². The van der Waals surface area contributed by atoms with Crippen molar-refractivity contribution in [2.24, 2.45) is 11.8 Å². The van der Waals surface area contributed by atoms with Crippen molar-refractivity contribution in [3.05, 3.63) is 12.2 Å². The van der Waals surface area contributed by atoms with Crippen molar-refractivity contribution in [2.45, 2.75) is 46.5 Å². The Kier molecular flexibility index (Phi) is 9.83. The smallest absolute Gasteiger partial charge is 0.0290 e. The third-order valence-corrected chi connectivity index (χ3v) is 3.50. The number of unbranched alkanes of at least 4 members (excludes halogenated alkanes) is 2. The second-order valence-electron chi connectivity index (χ2n) is 4.62. The third kappa shape index (κ3) is 10.3. The third-order valence-electron chi connectivity index (χ3n) is 2.39. The molecular formula is C13H27P. The van der Waals surface area contributed by atoms with Gasteiger partial charge in [-0.2, -0.15) is 0 Å². The van der Waals surface area contributed by atoms with Crippen molar-refractivity contribution < 1.29 is 0 Å². The van der Waals surface area contributed by atoms with Crippen molar-refractivity contribution in [1.82, 2.24) is 0 Å². The Morgan fingerprint density at radius 1 is 1.14 bits per heavy atom. The summed E-state index contributed by atoms with van der Waals surface area (Å²) in [5.41, 5.74) is 0. The van der Waals surface area contributed by atoms with E-state index in [0.717, 1.165) is 20.4 Å². The second kappa shape index (κ2) is 9.71. The Bertz CT molecular complexity index is 138. The van der Waals surface area contributed by atoms with Crippen molar-refractivity contribution in [3.63, 3.8) is 0 Å². The zero-order chi connectivity index (χ0) is 10.8. The minimum absolute atomic E-state index is 0.718. The fourth-order valence-electron chi connectivity index (χ4n) is 1.57. The van der Waals surface area contributed by atoms with Gasteiger partial charge in [-0.15, -0.1) is 8.58 Å². The Morgan fingerprint density at radius 2 is 1.86 bits per heavy atom. The van der Waals surface area contributed by atoms with Crippen LogP contribution in [0.1, 0.15) is 46.5 Å². The molecule has 0 radical (unpaired) electrons. The van der Waals surface area contributed by atoms with Gasteiger partial charge in [0.1, 0.15) is 0 Å². The van der Waals surface area contributed by atoms with Gasteiger partial charge in [0.2, 0.25) is 0 Å². The Hall–Kier alpha value is 0.170. The van der Waals surface area contributed by atoms with Gasteiger partial charge in [-0.05, 0) is 37.5 Å². The van der Waals surface area contributed by atoms with E-state index in [-0.39, 0.29) is 0 Å². The highest BCUT2D eigenvalue weighted by molar-refractivity contribution is 7.36. The van der Waals surface area contributed by atoms with Crippen molar-refractivity contribution in [3.8, 4) is 0 Å². The Balaban J connectivity index is 3.21. The van der Waals surface area contributed by atoms with E-state index < -0.39 is 0 Å². The van der Waals surface area contributed by atoms with Gasteiger partial charge in [0.15, 0.2) is 0 Å². The Labute approximate surface area is 92.3 Å². The summed E-state index contributed by atoms with van der Waals surface area (Å²) in [7, 11) is 1.13. The summed E-state index contributed by atoms with van der Waals surface area (Å²) < 4.78 is 0. The van der Waals surface area contributed by atoms with Crippen molar-refractivity contribution in [1.29, 1.82) is 0 Å². The van der Waals surface area contributed by atoms with Crippen LogP contribution in [0.15, 0.2) is 12.2 Å². The van der Waals surface area contributed by atoms with Gasteiger partial charge in [0, 0.05) is 0 Å². The maximum absolute atomic E-state index is 2.39. The molecule has 0 aliphatic heterocycles. The highest BCUT2D eigenvalue weighted by Crippen LogP contribution is 2.16. The molecule has 0 nitrogen and oxygen atoms in total. The summed E-state index contributed by atoms with van der Waals surface area (Å²) in [4.78, 5) is 0. The predicted octanol–water partition coefficient (Wildman–Crippen LogP) is 4.70. The average molecular weight is 214 g/mol. The molecule has 2 atom stereocenters. The monoisotopic (exact) mass is 214 g/mol. The zero-order valence-corrected chi connectivity index (χ0v) is 11.3. The first-order valence-corrected chi connectivity index (χ1v) is 7.68. The minimum Gasteiger partial charge on any atom is -0.125 e. The number of rotatable bonds is 8. The van der Waals surface area contributed by atoms with Crippen LogP contribution in [0.4, 0.5) is 0 Å². The first-order valence-electron chi connectivity index (χ1n) is 5.98. The first kappa shape index (κ1) is 14.2. The van der Waals surface area contributed by atoms with Gasteiger partial charge >= 0.3 is 0 Å². The molecular weight excluding hydrogens is 187 g/mol. The molecule has 0 aromatic rings. The zero-order valence-electron chi connectivity index (χ0n) is 10.3. The molecule has 0 amide bonds. The van der Waals surface area contributed by atoms with E-state index in [2.05, 4.69) is 39.6 Å². The maximum Gasteiger partial charge on any atom is -0.0290 e. The summed E-state index contributed by atoms with van der Waals surface area (Å²) in [6.45, 7) is 9.17. The maximum atomic E-state index is 2.39. The molecule has 0 spiro atoms. The van der Waals surface area contributed by atoms with E-state index in [1.807, 2.05) is 0 Å². The lowest BCUT2D eigenvalue weighted by atomic mass is 10.0. The predicted molar refractivity (Wildman–Crippen MR) is 70.7 cm³/mol. The van der Waals surface area contributed by atoms with Crippen molar-refractivity contribution in [2.75, 3.05) is 12.8 Å². The topological polar surface area (TPSA) is 0 Å². The largest absolute Gasteiger partial charge is 0.125 e. The molecule has 2 unspecified atom stereocenters. The quantitative estimate of drug-likeness (QED) is 0.312. The van der Waals surface area contributed by atoms with E-state index in [1.165, 1.54) is 31.8 Å². The van der Waals surface area contributed by atoms with Crippen LogP contribution in [0.2, 0.25) is 0 Å². The fraction of sp³-hybridized carbons (Fsp3) is 0.846. The lowest BCUT2D eigenvalue weighted by molar-refractivity contribution is 0.546. The van der Waals surface area contributed by atoms with Gasteiger partial charge in [0.05, 0.1) is 0 Å². The second-order valence-corrected chi connectivity index (χ2v) is 5.73. The molecule has 0 saturated heterocycles. The van der Waals surface area contributed by atoms with E-state index >= 15 is 0 Å². The lowest BCUT2D eigenvalue weighted by Gasteiger charge is -2.08. The minimum atomic E-state index is 0.718. The van der Waals surface area contributed by atoms with Crippen LogP contribution in [0.25, 0.3) is 0 Å². The summed E-state index contributed by atoms with van der Waals surface area (Å²) >= 11 is 0. The summed E-state index contributed by atoms with van der Waals surface area (Å²) in [6, 6.07) is 0. The summed E-state index contributed by atoms with van der Waals surface area (Å²) in [6.07, 6.45) is 11.6. The molecule has 0 rings (SSSR count). The van der Waals surface area contributed by atoms with Gasteiger partial charge in [-0.25, -0.2) is 0 Å². The molecule has 0 aromatic carbocycles. The van der Waals surface area contributed by atoms with Gasteiger partial charge < -0.3 is 0 Å². The number of hydrogen-bond acceptors (Lipinski definition) is 0. The first-order chi connectivity index (χ1) is 6.66. The van der Waals surface area contributed by atoms with Crippen LogP contribution < -0.4 is 0 Å². The van der Waals surface area contributed by atoms with Gasteiger partial charge in [-0.1, -0.05) is 45.8 Å². The van der Waals surface area contributed by atoms with Crippen molar-refractivity contribution >= 4 is 8.58 Å². The van der Waals surface area contributed by atoms with Gasteiger partial charge in [-0.3, -0.25) is 0 Å². The van der Waals surface area contributed by atoms with Crippen LogP contribution >= 0.6 is 8.58 Å². The van der Waals surface area contributed by atoms with E-state index in [0.29, 0.717) is 0 Å². The molecule has 0 N–H and O–H groups in total. The normalized spacial score (nSPS) is 14.9. The SMILES string of the molecule is CPCC(C)CCCC/C=C\C(C)C. The summed E-state index contributed by atoms with van der Waals surface area (Å²) in [5, 5.41) is 0. The highest BCUT2D eigenvalue weighted by Gasteiger charge is 1.98. The molecule has 0 aliphatic rings. The average Bonchev–Trinajstić information content (AvgIpc) is 2.11. The fourth-order valence-corrected chi connectivity index (χ4v) is 2.47.